The Balaban J connectivity index is 1.72. The number of benzene rings is 1. The fourth-order valence-corrected chi connectivity index (χ4v) is 3.20. The molecule has 21 heavy (non-hydrogen) atoms. The predicted octanol–water partition coefficient (Wildman–Crippen LogP) is 3.13. The molecule has 2 rings (SSSR count). The molecule has 5 heteroatoms. The third-order valence-electron chi connectivity index (χ3n) is 3.71. The van der Waals surface area contributed by atoms with Gasteiger partial charge >= 0.3 is 0 Å². The van der Waals surface area contributed by atoms with Crippen LogP contribution in [-0.4, -0.2) is 53.4 Å². The molecule has 0 unspecified atom stereocenters. The predicted molar refractivity (Wildman–Crippen MR) is 90.9 cm³/mol. The van der Waals surface area contributed by atoms with Gasteiger partial charge in [-0.3, -0.25) is 9.69 Å². The second-order valence-electron chi connectivity index (χ2n) is 5.23. The Morgan fingerprint density at radius 3 is 2.48 bits per heavy atom. The molecule has 1 aliphatic rings. The van der Waals surface area contributed by atoms with Gasteiger partial charge in [0, 0.05) is 49.9 Å². The Bertz CT molecular complexity index is 444. The largest absolute Gasteiger partial charge is 0.340 e. The lowest BCUT2D eigenvalue weighted by atomic mass is 10.2. The van der Waals surface area contributed by atoms with Crippen molar-refractivity contribution < 1.29 is 4.79 Å². The third kappa shape index (κ3) is 5.53. The molecule has 116 valence electrons. The van der Waals surface area contributed by atoms with Crippen molar-refractivity contribution >= 4 is 29.3 Å². The van der Waals surface area contributed by atoms with Crippen molar-refractivity contribution in [2.24, 2.45) is 0 Å². The van der Waals surface area contributed by atoms with Gasteiger partial charge in [-0.05, 0) is 23.4 Å². The zero-order valence-electron chi connectivity index (χ0n) is 12.6. The Labute approximate surface area is 136 Å². The zero-order chi connectivity index (χ0) is 15.1. The molecule has 0 saturated carbocycles. The number of nitrogens with zero attached hydrogens (tertiary/aromatic N) is 2. The van der Waals surface area contributed by atoms with E-state index >= 15 is 0 Å². The van der Waals surface area contributed by atoms with E-state index in [1.807, 2.05) is 28.8 Å². The monoisotopic (exact) mass is 326 g/mol. The molecule has 0 bridgehead atoms. The molecule has 1 heterocycles. The highest BCUT2D eigenvalue weighted by Gasteiger charge is 2.20. The standard InChI is InChI=1S/C16H23ClN2OS/c1-2-21-12-7-16(20)19-10-8-18(9-11-19)13-14-3-5-15(17)6-4-14/h3-6H,2,7-13H2,1H3. The number of amides is 1. The summed E-state index contributed by atoms with van der Waals surface area (Å²) in [4.78, 5) is 16.5. The van der Waals surface area contributed by atoms with Crippen LogP contribution in [0.4, 0.5) is 0 Å². The van der Waals surface area contributed by atoms with E-state index < -0.39 is 0 Å². The minimum atomic E-state index is 0.307. The molecule has 0 atom stereocenters. The van der Waals surface area contributed by atoms with Crippen LogP contribution in [0.25, 0.3) is 0 Å². The molecule has 1 aromatic rings. The summed E-state index contributed by atoms with van der Waals surface area (Å²) in [5, 5.41) is 0.777. The Morgan fingerprint density at radius 1 is 1.19 bits per heavy atom. The summed E-state index contributed by atoms with van der Waals surface area (Å²) in [5.41, 5.74) is 1.28. The molecule has 1 aliphatic heterocycles. The highest BCUT2D eigenvalue weighted by atomic mass is 35.5. The normalized spacial score (nSPS) is 16.2. The van der Waals surface area contributed by atoms with E-state index in [1.54, 1.807) is 0 Å². The van der Waals surface area contributed by atoms with Crippen molar-refractivity contribution in [2.75, 3.05) is 37.7 Å². The lowest BCUT2D eigenvalue weighted by Crippen LogP contribution is -2.48. The lowest BCUT2D eigenvalue weighted by molar-refractivity contribution is -0.132. The smallest absolute Gasteiger partial charge is 0.223 e. The summed E-state index contributed by atoms with van der Waals surface area (Å²) < 4.78 is 0. The van der Waals surface area contributed by atoms with E-state index in [0.29, 0.717) is 12.3 Å². The first-order valence-corrected chi connectivity index (χ1v) is 9.04. The Hall–Kier alpha value is -0.710. The SMILES string of the molecule is CCSCCC(=O)N1CCN(Cc2ccc(Cl)cc2)CC1. The molecule has 3 nitrogen and oxygen atoms in total. The van der Waals surface area contributed by atoms with E-state index in [-0.39, 0.29) is 0 Å². The average molecular weight is 327 g/mol. The highest BCUT2D eigenvalue weighted by Crippen LogP contribution is 2.13. The van der Waals surface area contributed by atoms with Crippen molar-refractivity contribution in [3.05, 3.63) is 34.9 Å². The topological polar surface area (TPSA) is 23.6 Å². The number of carbonyl (C=O) groups is 1. The van der Waals surface area contributed by atoms with Gasteiger partial charge < -0.3 is 4.90 Å². The van der Waals surface area contributed by atoms with E-state index in [1.165, 1.54) is 5.56 Å². The van der Waals surface area contributed by atoms with Crippen LogP contribution in [0.2, 0.25) is 5.02 Å². The van der Waals surface area contributed by atoms with E-state index in [9.17, 15) is 4.79 Å². The van der Waals surface area contributed by atoms with Gasteiger partial charge in [-0.15, -0.1) is 0 Å². The van der Waals surface area contributed by atoms with Crippen LogP contribution in [0.5, 0.6) is 0 Å². The fraction of sp³-hybridized carbons (Fsp3) is 0.562. The van der Waals surface area contributed by atoms with Crippen LogP contribution in [-0.2, 0) is 11.3 Å². The molecule has 1 saturated heterocycles. The fourth-order valence-electron chi connectivity index (χ4n) is 2.47. The number of rotatable bonds is 6. The molecule has 1 fully saturated rings. The summed E-state index contributed by atoms with van der Waals surface area (Å²) in [5.74, 6) is 2.34. The van der Waals surface area contributed by atoms with E-state index in [0.717, 1.165) is 49.3 Å². The third-order valence-corrected chi connectivity index (χ3v) is 4.86. The summed E-state index contributed by atoms with van der Waals surface area (Å²) in [7, 11) is 0. The van der Waals surface area contributed by atoms with Crippen LogP contribution in [0.15, 0.2) is 24.3 Å². The van der Waals surface area contributed by atoms with Crippen LogP contribution in [0.1, 0.15) is 18.9 Å². The van der Waals surface area contributed by atoms with Crippen molar-refractivity contribution in [3.63, 3.8) is 0 Å². The Morgan fingerprint density at radius 2 is 1.86 bits per heavy atom. The first kappa shape index (κ1) is 16.7. The number of thioether (sulfide) groups is 1. The average Bonchev–Trinajstić information content (AvgIpc) is 2.50. The second-order valence-corrected chi connectivity index (χ2v) is 7.06. The van der Waals surface area contributed by atoms with Gasteiger partial charge in [-0.1, -0.05) is 30.7 Å². The molecule has 0 aromatic heterocycles. The van der Waals surface area contributed by atoms with Crippen LogP contribution < -0.4 is 0 Å². The second kappa shape index (κ2) is 8.66. The lowest BCUT2D eigenvalue weighted by Gasteiger charge is -2.34. The van der Waals surface area contributed by atoms with Crippen LogP contribution in [0.3, 0.4) is 0 Å². The number of carbonyl (C=O) groups excluding carboxylic acids is 1. The number of hydrogen-bond acceptors (Lipinski definition) is 3. The van der Waals surface area contributed by atoms with Crippen LogP contribution in [0, 0.1) is 0 Å². The van der Waals surface area contributed by atoms with Crippen molar-refractivity contribution in [1.29, 1.82) is 0 Å². The first-order chi connectivity index (χ1) is 10.2. The molecular formula is C16H23ClN2OS. The van der Waals surface area contributed by atoms with Gasteiger partial charge in [-0.25, -0.2) is 0 Å². The molecule has 1 aromatic carbocycles. The summed E-state index contributed by atoms with van der Waals surface area (Å²) >= 11 is 7.74. The van der Waals surface area contributed by atoms with Crippen molar-refractivity contribution in [2.45, 2.75) is 19.9 Å². The molecule has 0 N–H and O–H groups in total. The zero-order valence-corrected chi connectivity index (χ0v) is 14.1. The van der Waals surface area contributed by atoms with Crippen molar-refractivity contribution in [1.82, 2.24) is 9.80 Å². The molecule has 0 radical (unpaired) electrons. The summed E-state index contributed by atoms with van der Waals surface area (Å²) in [6.07, 6.45) is 0.676. The molecule has 0 aliphatic carbocycles. The highest BCUT2D eigenvalue weighted by molar-refractivity contribution is 7.99. The van der Waals surface area contributed by atoms with Gasteiger partial charge in [0.1, 0.15) is 0 Å². The maximum atomic E-state index is 12.1. The summed E-state index contributed by atoms with van der Waals surface area (Å²) in [6, 6.07) is 8.01. The van der Waals surface area contributed by atoms with Crippen LogP contribution >= 0.6 is 23.4 Å². The maximum absolute atomic E-state index is 12.1. The van der Waals surface area contributed by atoms with E-state index in [2.05, 4.69) is 24.0 Å². The van der Waals surface area contributed by atoms with E-state index in [4.69, 9.17) is 11.6 Å². The quantitative estimate of drug-likeness (QED) is 0.750. The van der Waals surface area contributed by atoms with Gasteiger partial charge in [0.25, 0.3) is 0 Å². The summed E-state index contributed by atoms with van der Waals surface area (Å²) in [6.45, 7) is 6.67. The van der Waals surface area contributed by atoms with Gasteiger partial charge in [-0.2, -0.15) is 11.8 Å². The van der Waals surface area contributed by atoms with Gasteiger partial charge in [0.15, 0.2) is 0 Å². The number of halogens is 1. The molecular weight excluding hydrogens is 304 g/mol. The maximum Gasteiger partial charge on any atom is 0.223 e. The van der Waals surface area contributed by atoms with Gasteiger partial charge in [0.2, 0.25) is 5.91 Å². The number of piperazine rings is 1. The Kier molecular flexibility index (Phi) is 6.87. The van der Waals surface area contributed by atoms with Gasteiger partial charge in [0.05, 0.1) is 0 Å². The minimum absolute atomic E-state index is 0.307. The molecule has 0 spiro atoms. The first-order valence-electron chi connectivity index (χ1n) is 7.51. The van der Waals surface area contributed by atoms with Crippen molar-refractivity contribution in [3.8, 4) is 0 Å². The number of hydrogen-bond donors (Lipinski definition) is 0. The molecule has 1 amide bonds. The minimum Gasteiger partial charge on any atom is -0.340 e.